The molecule has 4 aromatic rings. The molecule has 1 fully saturated rings. The molecule has 1 saturated heterocycles. The summed E-state index contributed by atoms with van der Waals surface area (Å²) in [5, 5.41) is 9.81. The molecule has 1 aliphatic rings. The Morgan fingerprint density at radius 2 is 1.97 bits per heavy atom. The average molecular weight is 405 g/mol. The van der Waals surface area contributed by atoms with Gasteiger partial charge in [-0.1, -0.05) is 13.5 Å². The van der Waals surface area contributed by atoms with Crippen LogP contribution in [0.1, 0.15) is 48.7 Å². The molecule has 0 bridgehead atoms. The van der Waals surface area contributed by atoms with Gasteiger partial charge in [-0.2, -0.15) is 0 Å². The zero-order valence-electron chi connectivity index (χ0n) is 16.8. The van der Waals surface area contributed by atoms with Gasteiger partial charge >= 0.3 is 5.63 Å². The van der Waals surface area contributed by atoms with Crippen LogP contribution < -0.4 is 5.63 Å². The number of hydrogen-bond acceptors (Lipinski definition) is 5. The third-order valence-electron chi connectivity index (χ3n) is 6.05. The molecule has 30 heavy (non-hydrogen) atoms. The maximum atomic E-state index is 12.1. The molecule has 1 unspecified atom stereocenters. The van der Waals surface area contributed by atoms with Crippen molar-refractivity contribution in [3.8, 4) is 0 Å². The molecule has 5 rings (SSSR count). The maximum Gasteiger partial charge on any atom is 0.336 e. The lowest BCUT2D eigenvalue weighted by molar-refractivity contribution is 0.196. The van der Waals surface area contributed by atoms with E-state index in [9.17, 15) is 4.79 Å². The summed E-state index contributed by atoms with van der Waals surface area (Å²) in [7, 11) is 0. The van der Waals surface area contributed by atoms with E-state index in [0.29, 0.717) is 11.5 Å². The van der Waals surface area contributed by atoms with Crippen molar-refractivity contribution >= 4 is 16.6 Å². The molecule has 0 aliphatic carbocycles. The molecule has 3 aromatic heterocycles. The third kappa shape index (κ3) is 3.63. The van der Waals surface area contributed by atoms with Crippen molar-refractivity contribution in [3.63, 3.8) is 0 Å². The molecule has 1 atom stereocenters. The summed E-state index contributed by atoms with van der Waals surface area (Å²) in [6.07, 6.45) is 4.23. The molecular weight excluding hydrogens is 376 g/mol. The minimum absolute atomic E-state index is 0. The largest absolute Gasteiger partial charge is 0.423 e. The van der Waals surface area contributed by atoms with Crippen LogP contribution in [0.15, 0.2) is 51.8 Å². The number of aromatic nitrogens is 3. The van der Waals surface area contributed by atoms with Gasteiger partial charge in [0.15, 0.2) is 5.65 Å². The number of pyridine rings is 1. The molecule has 6 heteroatoms. The number of hydrogen-bond donors (Lipinski definition) is 0. The summed E-state index contributed by atoms with van der Waals surface area (Å²) in [5.74, 6) is 1.35. The summed E-state index contributed by atoms with van der Waals surface area (Å²) in [4.78, 5) is 14.6. The summed E-state index contributed by atoms with van der Waals surface area (Å²) in [6, 6.07) is 11.7. The molecule has 0 amide bonds. The lowest BCUT2D eigenvalue weighted by Crippen LogP contribution is -2.34. The van der Waals surface area contributed by atoms with E-state index in [1.165, 1.54) is 5.56 Å². The lowest BCUT2D eigenvalue weighted by Gasteiger charge is -2.32. The molecule has 6 nitrogen and oxygen atoms in total. The maximum absolute atomic E-state index is 12.1. The highest BCUT2D eigenvalue weighted by molar-refractivity contribution is 5.81. The predicted octanol–water partition coefficient (Wildman–Crippen LogP) is 4.47. The quantitative estimate of drug-likeness (QED) is 0.472. The fourth-order valence-electron chi connectivity index (χ4n) is 4.40. The van der Waals surface area contributed by atoms with Crippen molar-refractivity contribution in [3.05, 3.63) is 75.5 Å². The van der Waals surface area contributed by atoms with Gasteiger partial charge in [-0.3, -0.25) is 9.30 Å². The number of likely N-dealkylation sites (tertiary alicyclic amines) is 1. The molecule has 1 aliphatic heterocycles. The molecule has 1 aromatic carbocycles. The first-order valence-corrected chi connectivity index (χ1v) is 10.1. The van der Waals surface area contributed by atoms with Crippen LogP contribution in [0, 0.1) is 13.8 Å². The summed E-state index contributed by atoms with van der Waals surface area (Å²) in [6.45, 7) is 6.79. The van der Waals surface area contributed by atoms with Crippen LogP contribution in [-0.2, 0) is 6.54 Å². The van der Waals surface area contributed by atoms with Crippen LogP contribution in [0.25, 0.3) is 16.6 Å². The second-order valence-electron chi connectivity index (χ2n) is 8.08. The molecule has 4 heterocycles. The highest BCUT2D eigenvalue weighted by atomic mass is 16.4. The zero-order chi connectivity index (χ0) is 20.0. The Morgan fingerprint density at radius 1 is 1.13 bits per heavy atom. The summed E-state index contributed by atoms with van der Waals surface area (Å²) >= 11 is 0. The summed E-state index contributed by atoms with van der Waals surface area (Å²) in [5.41, 5.74) is 4.65. The van der Waals surface area contributed by atoms with E-state index < -0.39 is 0 Å². The van der Waals surface area contributed by atoms with Gasteiger partial charge in [0, 0.05) is 36.7 Å². The molecular formula is C24H28N4O2. The first-order chi connectivity index (χ1) is 14.1. The van der Waals surface area contributed by atoms with Crippen molar-refractivity contribution < 1.29 is 4.42 Å². The normalized spacial score (nSPS) is 17.3. The van der Waals surface area contributed by atoms with E-state index in [4.69, 9.17) is 4.42 Å². The fourth-order valence-corrected chi connectivity index (χ4v) is 4.40. The van der Waals surface area contributed by atoms with E-state index in [-0.39, 0.29) is 13.1 Å². The van der Waals surface area contributed by atoms with E-state index >= 15 is 0 Å². The first kappa shape index (κ1) is 20.3. The molecule has 156 valence electrons. The van der Waals surface area contributed by atoms with Gasteiger partial charge in [0.2, 0.25) is 0 Å². The van der Waals surface area contributed by atoms with Gasteiger partial charge in [-0.15, -0.1) is 10.2 Å². The molecule has 0 radical (unpaired) electrons. The number of nitrogens with zero attached hydrogens (tertiary/aromatic N) is 4. The van der Waals surface area contributed by atoms with E-state index in [2.05, 4.69) is 32.5 Å². The second kappa shape index (κ2) is 8.03. The highest BCUT2D eigenvalue weighted by Gasteiger charge is 2.25. The van der Waals surface area contributed by atoms with Crippen LogP contribution in [-0.4, -0.2) is 32.6 Å². The number of piperidine rings is 1. The van der Waals surface area contributed by atoms with Crippen LogP contribution in [0.3, 0.4) is 0 Å². The van der Waals surface area contributed by atoms with Crippen molar-refractivity contribution in [1.82, 2.24) is 19.5 Å². The van der Waals surface area contributed by atoms with Gasteiger partial charge in [-0.05, 0) is 74.2 Å². The lowest BCUT2D eigenvalue weighted by atomic mass is 9.96. The number of rotatable bonds is 3. The van der Waals surface area contributed by atoms with Crippen LogP contribution in [0.2, 0.25) is 0 Å². The minimum Gasteiger partial charge on any atom is -0.423 e. The number of aryl methyl sites for hydroxylation is 2. The Morgan fingerprint density at radius 3 is 2.83 bits per heavy atom. The fraction of sp³-hybridized carbons (Fsp3) is 0.375. The minimum atomic E-state index is -0.284. The zero-order valence-corrected chi connectivity index (χ0v) is 16.8. The first-order valence-electron chi connectivity index (χ1n) is 10.1. The predicted molar refractivity (Wildman–Crippen MR) is 119 cm³/mol. The Balaban J connectivity index is 0.00000218. The Hall–Kier alpha value is -2.99. The van der Waals surface area contributed by atoms with Crippen LogP contribution in [0.5, 0.6) is 0 Å². The van der Waals surface area contributed by atoms with Crippen molar-refractivity contribution in [2.45, 2.75) is 46.6 Å². The third-order valence-corrected chi connectivity index (χ3v) is 6.05. The van der Waals surface area contributed by atoms with E-state index in [1.54, 1.807) is 6.07 Å². The van der Waals surface area contributed by atoms with Crippen molar-refractivity contribution in [2.24, 2.45) is 0 Å². The van der Waals surface area contributed by atoms with Crippen molar-refractivity contribution in [1.29, 1.82) is 0 Å². The monoisotopic (exact) mass is 404 g/mol. The van der Waals surface area contributed by atoms with Crippen molar-refractivity contribution in [2.75, 3.05) is 13.1 Å². The van der Waals surface area contributed by atoms with Gasteiger partial charge in [0.25, 0.3) is 0 Å². The van der Waals surface area contributed by atoms with E-state index in [1.807, 2.05) is 37.4 Å². The smallest absolute Gasteiger partial charge is 0.336 e. The standard InChI is InChI=1S/C23H24N4O2.CH4/c1-15-10-19-18(12-22(28)29-20(19)11-16(15)2)14-26-8-5-6-17(13-26)23-25-24-21-7-3-4-9-27(21)23;/h3-4,7,9-12,17H,5-6,8,13-14H2,1-2H3;1H4. The molecule has 0 saturated carbocycles. The van der Waals surface area contributed by atoms with E-state index in [0.717, 1.165) is 60.5 Å². The van der Waals surface area contributed by atoms with Gasteiger partial charge in [0.1, 0.15) is 11.4 Å². The Bertz CT molecular complexity index is 1260. The van der Waals surface area contributed by atoms with Gasteiger partial charge in [-0.25, -0.2) is 4.79 Å². The topological polar surface area (TPSA) is 63.6 Å². The molecule has 0 N–H and O–H groups in total. The van der Waals surface area contributed by atoms with Crippen LogP contribution in [0.4, 0.5) is 0 Å². The SMILES string of the molecule is C.Cc1cc2oc(=O)cc(CN3CCCC(c4nnc5ccccn45)C3)c2cc1C. The molecule has 0 spiro atoms. The average Bonchev–Trinajstić information content (AvgIpc) is 3.14. The van der Waals surface area contributed by atoms with Gasteiger partial charge < -0.3 is 4.42 Å². The second-order valence-corrected chi connectivity index (χ2v) is 8.08. The Kier molecular flexibility index (Phi) is 5.43. The number of fused-ring (bicyclic) bond motifs is 2. The van der Waals surface area contributed by atoms with Crippen LogP contribution >= 0.6 is 0 Å². The summed E-state index contributed by atoms with van der Waals surface area (Å²) < 4.78 is 7.55. The van der Waals surface area contributed by atoms with Gasteiger partial charge in [0.05, 0.1) is 0 Å². The number of benzene rings is 1. The Labute approximate surface area is 176 Å². The highest BCUT2D eigenvalue weighted by Crippen LogP contribution is 2.28.